The van der Waals surface area contributed by atoms with E-state index in [0.717, 1.165) is 24.4 Å². The molecule has 2 aliphatic heterocycles. The average molecular weight is 422 g/mol. The van der Waals surface area contributed by atoms with Gasteiger partial charge in [-0.05, 0) is 43.5 Å². The van der Waals surface area contributed by atoms with E-state index in [1.807, 2.05) is 4.90 Å². The SMILES string of the molecule is O=C(N1CCC(NS(=O)(=O)c2ccc(F)cc2)CC1)N1CC[C@H](c2ncn[nH]2)C1. The smallest absolute Gasteiger partial charge is 0.320 e. The van der Waals surface area contributed by atoms with Crippen molar-refractivity contribution in [3.05, 3.63) is 42.2 Å². The average Bonchev–Trinajstić information content (AvgIpc) is 3.40. The second kappa shape index (κ2) is 8.07. The molecule has 9 nitrogen and oxygen atoms in total. The van der Waals surface area contributed by atoms with Crippen LogP contribution in [0.4, 0.5) is 9.18 Å². The molecule has 11 heteroatoms. The summed E-state index contributed by atoms with van der Waals surface area (Å²) >= 11 is 0. The largest absolute Gasteiger partial charge is 0.325 e. The summed E-state index contributed by atoms with van der Waals surface area (Å²) in [6, 6.07) is 4.46. The zero-order valence-electron chi connectivity index (χ0n) is 15.8. The van der Waals surface area contributed by atoms with Gasteiger partial charge in [-0.25, -0.2) is 27.3 Å². The Morgan fingerprint density at radius 1 is 1.10 bits per heavy atom. The van der Waals surface area contributed by atoms with Crippen LogP contribution in [0.3, 0.4) is 0 Å². The van der Waals surface area contributed by atoms with Gasteiger partial charge in [0.15, 0.2) is 0 Å². The van der Waals surface area contributed by atoms with Crippen LogP contribution in [0.2, 0.25) is 0 Å². The first-order chi connectivity index (χ1) is 13.9. The molecule has 0 unspecified atom stereocenters. The first-order valence-corrected chi connectivity index (χ1v) is 11.1. The van der Waals surface area contributed by atoms with Crippen LogP contribution < -0.4 is 4.72 Å². The lowest BCUT2D eigenvalue weighted by atomic mass is 10.1. The number of piperidine rings is 1. The highest BCUT2D eigenvalue weighted by molar-refractivity contribution is 7.89. The van der Waals surface area contributed by atoms with Crippen LogP contribution in [0.25, 0.3) is 0 Å². The van der Waals surface area contributed by atoms with Crippen molar-refractivity contribution < 1.29 is 17.6 Å². The van der Waals surface area contributed by atoms with Crippen molar-refractivity contribution in [1.82, 2.24) is 29.7 Å². The van der Waals surface area contributed by atoms with Crippen LogP contribution in [0.15, 0.2) is 35.5 Å². The van der Waals surface area contributed by atoms with Crippen LogP contribution in [0, 0.1) is 5.82 Å². The minimum Gasteiger partial charge on any atom is -0.325 e. The molecule has 2 amide bonds. The van der Waals surface area contributed by atoms with Gasteiger partial charge in [0.1, 0.15) is 18.0 Å². The van der Waals surface area contributed by atoms with Crippen LogP contribution in [0.1, 0.15) is 31.0 Å². The molecule has 0 bridgehead atoms. The Bertz CT molecular complexity index is 942. The standard InChI is InChI=1S/C18H23FN6O3S/c19-14-1-3-16(4-2-14)29(27,28)23-15-6-9-24(10-7-15)18(26)25-8-5-13(11-25)17-20-12-21-22-17/h1-4,12-13,15,23H,5-11H2,(H,20,21,22)/t13-/m0/s1. The highest BCUT2D eigenvalue weighted by Crippen LogP contribution is 2.26. The summed E-state index contributed by atoms with van der Waals surface area (Å²) in [5.74, 6) is 0.485. The van der Waals surface area contributed by atoms with E-state index in [0.29, 0.717) is 39.0 Å². The maximum atomic E-state index is 13.0. The molecule has 1 aromatic heterocycles. The maximum absolute atomic E-state index is 13.0. The predicted molar refractivity (Wildman–Crippen MR) is 102 cm³/mol. The summed E-state index contributed by atoms with van der Waals surface area (Å²) in [6.07, 6.45) is 3.38. The van der Waals surface area contributed by atoms with Crippen molar-refractivity contribution in [3.63, 3.8) is 0 Å². The van der Waals surface area contributed by atoms with Crippen LogP contribution in [-0.4, -0.2) is 71.7 Å². The number of hydrogen-bond donors (Lipinski definition) is 2. The van der Waals surface area contributed by atoms with Crippen LogP contribution >= 0.6 is 0 Å². The number of aromatic amines is 1. The van der Waals surface area contributed by atoms with Crippen molar-refractivity contribution in [2.45, 2.75) is 36.1 Å². The molecule has 156 valence electrons. The molecule has 2 fully saturated rings. The van der Waals surface area contributed by atoms with E-state index >= 15 is 0 Å². The molecule has 3 heterocycles. The van der Waals surface area contributed by atoms with E-state index in [9.17, 15) is 17.6 Å². The van der Waals surface area contributed by atoms with E-state index < -0.39 is 15.8 Å². The summed E-state index contributed by atoms with van der Waals surface area (Å²) in [4.78, 5) is 20.6. The molecular formula is C18H23FN6O3S. The third-order valence-corrected chi connectivity index (χ3v) is 7.03. The number of benzene rings is 1. The fraction of sp³-hybridized carbons (Fsp3) is 0.500. The minimum absolute atomic E-state index is 0.0214. The van der Waals surface area contributed by atoms with E-state index in [1.54, 1.807) is 4.90 Å². The Labute approximate surface area is 168 Å². The highest BCUT2D eigenvalue weighted by Gasteiger charge is 2.33. The van der Waals surface area contributed by atoms with E-state index in [4.69, 9.17) is 0 Å². The number of amides is 2. The maximum Gasteiger partial charge on any atom is 0.320 e. The Balaban J connectivity index is 1.29. The molecule has 1 aromatic carbocycles. The highest BCUT2D eigenvalue weighted by atomic mass is 32.2. The fourth-order valence-corrected chi connectivity index (χ4v) is 5.16. The van der Waals surface area contributed by atoms with E-state index in [-0.39, 0.29) is 22.9 Å². The van der Waals surface area contributed by atoms with Crippen molar-refractivity contribution in [2.75, 3.05) is 26.2 Å². The number of urea groups is 1. The number of sulfonamides is 1. The number of rotatable bonds is 4. The van der Waals surface area contributed by atoms with E-state index in [1.165, 1.54) is 18.5 Å². The summed E-state index contributed by atoms with van der Waals surface area (Å²) in [7, 11) is -3.71. The molecular weight excluding hydrogens is 399 g/mol. The zero-order chi connectivity index (χ0) is 20.4. The summed E-state index contributed by atoms with van der Waals surface area (Å²) in [5.41, 5.74) is 0. The van der Waals surface area contributed by atoms with Gasteiger partial charge in [-0.15, -0.1) is 0 Å². The number of carbonyl (C=O) groups excluding carboxylic acids is 1. The summed E-state index contributed by atoms with van der Waals surface area (Å²) < 4.78 is 40.6. The van der Waals surface area contributed by atoms with Gasteiger partial charge in [-0.3, -0.25) is 5.10 Å². The Kier molecular flexibility index (Phi) is 5.50. The van der Waals surface area contributed by atoms with Crippen molar-refractivity contribution >= 4 is 16.1 Å². The topological polar surface area (TPSA) is 111 Å². The Morgan fingerprint density at radius 3 is 2.45 bits per heavy atom. The zero-order valence-corrected chi connectivity index (χ0v) is 16.6. The van der Waals surface area contributed by atoms with Gasteiger partial charge in [-0.2, -0.15) is 5.10 Å². The van der Waals surface area contributed by atoms with Gasteiger partial charge in [-0.1, -0.05) is 0 Å². The Hall–Kier alpha value is -2.53. The second-order valence-electron chi connectivity index (χ2n) is 7.42. The van der Waals surface area contributed by atoms with Crippen LogP contribution in [-0.2, 0) is 10.0 Å². The monoisotopic (exact) mass is 422 g/mol. The van der Waals surface area contributed by atoms with Crippen LogP contribution in [0.5, 0.6) is 0 Å². The number of nitrogens with one attached hydrogen (secondary N) is 2. The quantitative estimate of drug-likeness (QED) is 0.771. The Morgan fingerprint density at radius 2 is 1.79 bits per heavy atom. The summed E-state index contributed by atoms with van der Waals surface area (Å²) in [5, 5.41) is 6.73. The lowest BCUT2D eigenvalue weighted by molar-refractivity contribution is 0.147. The number of carbonyl (C=O) groups is 1. The van der Waals surface area contributed by atoms with E-state index in [2.05, 4.69) is 19.9 Å². The van der Waals surface area contributed by atoms with Gasteiger partial charge < -0.3 is 9.80 Å². The fourth-order valence-electron chi connectivity index (χ4n) is 3.86. The third kappa shape index (κ3) is 4.40. The molecule has 2 saturated heterocycles. The minimum atomic E-state index is -3.71. The number of H-pyrrole nitrogens is 1. The second-order valence-corrected chi connectivity index (χ2v) is 9.14. The van der Waals surface area contributed by atoms with Crippen molar-refractivity contribution in [1.29, 1.82) is 0 Å². The van der Waals surface area contributed by atoms with Crippen molar-refractivity contribution in [3.8, 4) is 0 Å². The first kappa shape index (κ1) is 19.8. The number of nitrogens with zero attached hydrogens (tertiary/aromatic N) is 4. The molecule has 2 aromatic rings. The molecule has 2 aliphatic rings. The number of halogens is 1. The number of hydrogen-bond acceptors (Lipinski definition) is 5. The molecule has 4 rings (SSSR count). The van der Waals surface area contributed by atoms with Gasteiger partial charge in [0.2, 0.25) is 10.0 Å². The van der Waals surface area contributed by atoms with Gasteiger partial charge in [0, 0.05) is 38.1 Å². The molecule has 2 N–H and O–H groups in total. The lowest BCUT2D eigenvalue weighted by Gasteiger charge is -2.34. The first-order valence-electron chi connectivity index (χ1n) is 9.59. The predicted octanol–water partition coefficient (Wildman–Crippen LogP) is 1.30. The summed E-state index contributed by atoms with van der Waals surface area (Å²) in [6.45, 7) is 2.24. The number of aromatic nitrogens is 3. The van der Waals surface area contributed by atoms with Gasteiger partial charge >= 0.3 is 6.03 Å². The van der Waals surface area contributed by atoms with Crippen molar-refractivity contribution in [2.24, 2.45) is 0 Å². The lowest BCUT2D eigenvalue weighted by Crippen LogP contribution is -2.50. The van der Waals surface area contributed by atoms with Gasteiger partial charge in [0.05, 0.1) is 4.90 Å². The molecule has 1 atom stereocenters. The molecule has 0 spiro atoms. The third-order valence-electron chi connectivity index (χ3n) is 5.49. The number of likely N-dealkylation sites (tertiary alicyclic amines) is 2. The molecule has 0 radical (unpaired) electrons. The molecule has 0 aliphatic carbocycles. The normalized spacial score (nSPS) is 20.9. The molecule has 29 heavy (non-hydrogen) atoms. The van der Waals surface area contributed by atoms with Gasteiger partial charge in [0.25, 0.3) is 0 Å². The molecule has 0 saturated carbocycles.